The minimum Gasteiger partial charge on any atom is -0.370 e. The summed E-state index contributed by atoms with van der Waals surface area (Å²) in [6.45, 7) is 1.79. The van der Waals surface area contributed by atoms with Gasteiger partial charge in [0.1, 0.15) is 0 Å². The van der Waals surface area contributed by atoms with E-state index in [1.54, 1.807) is 12.3 Å². The SMILES string of the molecule is O=C(Nc1cc(C(F)(F)F)ccc1Cl)c1cncc(N2CCCCCC2)c1. The van der Waals surface area contributed by atoms with E-state index in [0.29, 0.717) is 0 Å². The second kappa shape index (κ2) is 8.17. The maximum absolute atomic E-state index is 12.9. The van der Waals surface area contributed by atoms with Gasteiger partial charge in [0.25, 0.3) is 5.91 Å². The summed E-state index contributed by atoms with van der Waals surface area (Å²) in [5, 5.41) is 2.49. The summed E-state index contributed by atoms with van der Waals surface area (Å²) >= 11 is 5.94. The molecule has 0 saturated carbocycles. The van der Waals surface area contributed by atoms with Crippen molar-refractivity contribution in [2.75, 3.05) is 23.3 Å². The van der Waals surface area contributed by atoms with Crippen LogP contribution < -0.4 is 10.2 Å². The van der Waals surface area contributed by atoms with Gasteiger partial charge in [-0.25, -0.2) is 0 Å². The summed E-state index contributed by atoms with van der Waals surface area (Å²) in [6, 6.07) is 4.52. The molecule has 4 nitrogen and oxygen atoms in total. The fourth-order valence-corrected chi connectivity index (χ4v) is 3.21. The molecule has 0 bridgehead atoms. The van der Waals surface area contributed by atoms with Gasteiger partial charge in [0.2, 0.25) is 0 Å². The van der Waals surface area contributed by atoms with Crippen molar-refractivity contribution in [2.24, 2.45) is 0 Å². The molecule has 0 aliphatic carbocycles. The van der Waals surface area contributed by atoms with E-state index >= 15 is 0 Å². The quantitative estimate of drug-likeness (QED) is 0.755. The Hall–Kier alpha value is -2.28. The van der Waals surface area contributed by atoms with Crippen LogP contribution in [0.5, 0.6) is 0 Å². The van der Waals surface area contributed by atoms with Gasteiger partial charge in [-0.1, -0.05) is 24.4 Å². The Morgan fingerprint density at radius 3 is 2.44 bits per heavy atom. The minimum absolute atomic E-state index is 0.0352. The molecule has 1 fully saturated rings. The van der Waals surface area contributed by atoms with E-state index < -0.39 is 17.6 Å². The van der Waals surface area contributed by atoms with Gasteiger partial charge in [-0.3, -0.25) is 9.78 Å². The molecule has 2 heterocycles. The third-order valence-electron chi connectivity index (χ3n) is 4.50. The number of nitrogens with one attached hydrogen (secondary N) is 1. The van der Waals surface area contributed by atoms with Crippen molar-refractivity contribution in [1.29, 1.82) is 0 Å². The molecule has 144 valence electrons. The predicted molar refractivity (Wildman–Crippen MR) is 99.3 cm³/mol. The topological polar surface area (TPSA) is 45.2 Å². The van der Waals surface area contributed by atoms with E-state index in [4.69, 9.17) is 11.6 Å². The molecule has 1 aromatic carbocycles. The highest BCUT2D eigenvalue weighted by atomic mass is 35.5. The average Bonchev–Trinajstić information content (AvgIpc) is 2.92. The number of halogens is 4. The van der Waals surface area contributed by atoms with Crippen molar-refractivity contribution in [3.63, 3.8) is 0 Å². The van der Waals surface area contributed by atoms with Crippen LogP contribution in [0.1, 0.15) is 41.6 Å². The number of amides is 1. The smallest absolute Gasteiger partial charge is 0.370 e. The van der Waals surface area contributed by atoms with Crippen molar-refractivity contribution in [2.45, 2.75) is 31.9 Å². The molecular formula is C19H19ClF3N3O. The van der Waals surface area contributed by atoms with Crippen LogP contribution in [0, 0.1) is 0 Å². The van der Waals surface area contributed by atoms with E-state index in [1.165, 1.54) is 19.0 Å². The van der Waals surface area contributed by atoms with E-state index in [2.05, 4.69) is 15.2 Å². The zero-order valence-corrected chi connectivity index (χ0v) is 15.3. The van der Waals surface area contributed by atoms with Crippen LogP contribution in [0.3, 0.4) is 0 Å². The van der Waals surface area contributed by atoms with E-state index in [0.717, 1.165) is 49.8 Å². The zero-order valence-electron chi connectivity index (χ0n) is 14.5. The number of carbonyl (C=O) groups excluding carboxylic acids is 1. The normalized spacial score (nSPS) is 15.3. The van der Waals surface area contributed by atoms with Gasteiger partial charge >= 0.3 is 6.18 Å². The molecule has 2 aromatic rings. The molecule has 1 amide bonds. The minimum atomic E-state index is -4.52. The third kappa shape index (κ3) is 4.91. The second-order valence-corrected chi connectivity index (χ2v) is 6.89. The second-order valence-electron chi connectivity index (χ2n) is 6.48. The first-order valence-corrected chi connectivity index (χ1v) is 9.10. The zero-order chi connectivity index (χ0) is 19.4. The molecule has 0 radical (unpaired) electrons. The predicted octanol–water partition coefficient (Wildman–Crippen LogP) is 5.39. The molecule has 3 rings (SSSR count). The fourth-order valence-electron chi connectivity index (χ4n) is 3.05. The van der Waals surface area contributed by atoms with Crippen molar-refractivity contribution in [1.82, 2.24) is 4.98 Å². The molecule has 1 aliphatic rings. The van der Waals surface area contributed by atoms with E-state index in [9.17, 15) is 18.0 Å². The molecule has 27 heavy (non-hydrogen) atoms. The number of hydrogen-bond donors (Lipinski definition) is 1. The average molecular weight is 398 g/mol. The fraction of sp³-hybridized carbons (Fsp3) is 0.368. The van der Waals surface area contributed by atoms with Crippen LogP contribution in [0.4, 0.5) is 24.5 Å². The number of benzene rings is 1. The molecular weight excluding hydrogens is 379 g/mol. The lowest BCUT2D eigenvalue weighted by Gasteiger charge is -2.22. The number of rotatable bonds is 3. The largest absolute Gasteiger partial charge is 0.416 e. The lowest BCUT2D eigenvalue weighted by atomic mass is 10.1. The van der Waals surface area contributed by atoms with Crippen LogP contribution >= 0.6 is 11.6 Å². The standard InChI is InChI=1S/C19H19ClF3N3O/c20-16-6-5-14(19(21,22)23)10-17(16)25-18(27)13-9-15(12-24-11-13)26-7-3-1-2-4-8-26/h5-6,9-12H,1-4,7-8H2,(H,25,27). The van der Waals surface area contributed by atoms with Gasteiger partial charge in [-0.15, -0.1) is 0 Å². The number of aromatic nitrogens is 1. The first-order chi connectivity index (χ1) is 12.8. The highest BCUT2D eigenvalue weighted by Crippen LogP contribution is 2.34. The van der Waals surface area contributed by atoms with Crippen molar-refractivity contribution < 1.29 is 18.0 Å². The summed E-state index contributed by atoms with van der Waals surface area (Å²) in [4.78, 5) is 18.8. The Morgan fingerprint density at radius 1 is 1.07 bits per heavy atom. The summed E-state index contributed by atoms with van der Waals surface area (Å²) in [7, 11) is 0. The highest BCUT2D eigenvalue weighted by Gasteiger charge is 2.31. The van der Waals surface area contributed by atoms with Gasteiger partial charge < -0.3 is 10.2 Å². The maximum Gasteiger partial charge on any atom is 0.416 e. The molecule has 8 heteroatoms. The third-order valence-corrected chi connectivity index (χ3v) is 4.83. The van der Waals surface area contributed by atoms with Crippen molar-refractivity contribution in [3.8, 4) is 0 Å². The molecule has 0 unspecified atom stereocenters. The molecule has 1 N–H and O–H groups in total. The number of hydrogen-bond acceptors (Lipinski definition) is 3. The van der Waals surface area contributed by atoms with Crippen LogP contribution in [-0.4, -0.2) is 24.0 Å². The number of nitrogens with zero attached hydrogens (tertiary/aromatic N) is 2. The number of pyridine rings is 1. The number of carbonyl (C=O) groups is 1. The summed E-state index contributed by atoms with van der Waals surface area (Å²) < 4.78 is 38.6. The number of anilines is 2. The van der Waals surface area contributed by atoms with Crippen LogP contribution in [0.2, 0.25) is 5.02 Å². The molecule has 1 saturated heterocycles. The lowest BCUT2D eigenvalue weighted by Crippen LogP contribution is -2.24. The molecule has 1 aliphatic heterocycles. The van der Waals surface area contributed by atoms with Gasteiger partial charge in [-0.05, 0) is 37.1 Å². The Kier molecular flexibility index (Phi) is 5.89. The Labute approximate surface area is 160 Å². The number of alkyl halides is 3. The van der Waals surface area contributed by atoms with Crippen molar-refractivity contribution >= 4 is 28.9 Å². The Bertz CT molecular complexity index is 818. The molecule has 0 atom stereocenters. The van der Waals surface area contributed by atoms with Gasteiger partial charge in [0, 0.05) is 19.3 Å². The monoisotopic (exact) mass is 397 g/mol. The van der Waals surface area contributed by atoms with Gasteiger partial charge in [0.05, 0.1) is 33.7 Å². The Morgan fingerprint density at radius 2 is 1.78 bits per heavy atom. The lowest BCUT2D eigenvalue weighted by molar-refractivity contribution is -0.137. The summed E-state index contributed by atoms with van der Waals surface area (Å²) in [6.07, 6.45) is 3.08. The molecule has 0 spiro atoms. The van der Waals surface area contributed by atoms with Gasteiger partial charge in [0.15, 0.2) is 0 Å². The van der Waals surface area contributed by atoms with Crippen LogP contribution in [-0.2, 0) is 6.18 Å². The van der Waals surface area contributed by atoms with Gasteiger partial charge in [-0.2, -0.15) is 13.2 Å². The van der Waals surface area contributed by atoms with Crippen LogP contribution in [0.15, 0.2) is 36.7 Å². The van der Waals surface area contributed by atoms with Crippen LogP contribution in [0.25, 0.3) is 0 Å². The van der Waals surface area contributed by atoms with E-state index in [1.807, 2.05) is 0 Å². The maximum atomic E-state index is 12.9. The Balaban J connectivity index is 1.79. The van der Waals surface area contributed by atoms with E-state index in [-0.39, 0.29) is 16.3 Å². The summed E-state index contributed by atoms with van der Waals surface area (Å²) in [5.41, 5.74) is 0.139. The highest BCUT2D eigenvalue weighted by molar-refractivity contribution is 6.34. The molecule has 1 aromatic heterocycles. The summed E-state index contributed by atoms with van der Waals surface area (Å²) in [5.74, 6) is -0.555. The first kappa shape index (κ1) is 19.5. The first-order valence-electron chi connectivity index (χ1n) is 8.73. The van der Waals surface area contributed by atoms with Crippen molar-refractivity contribution in [3.05, 3.63) is 52.8 Å².